The Balaban J connectivity index is 2.20. The summed E-state index contributed by atoms with van der Waals surface area (Å²) in [7, 11) is 0. The lowest BCUT2D eigenvalue weighted by Gasteiger charge is -2.06. The number of halogens is 1. The molecule has 0 aliphatic carbocycles. The van der Waals surface area contributed by atoms with E-state index in [2.05, 4.69) is 0 Å². The Morgan fingerprint density at radius 2 is 1.81 bits per heavy atom. The number of benzene rings is 1. The smallest absolute Gasteiger partial charge is 0.193 e. The fraction of sp³-hybridized carbons (Fsp3) is 0.0833. The molecule has 0 aliphatic rings. The number of aromatic nitrogens is 1. The van der Waals surface area contributed by atoms with Crippen molar-refractivity contribution in [3.05, 3.63) is 58.5 Å². The van der Waals surface area contributed by atoms with Gasteiger partial charge in [-0.3, -0.25) is 0 Å². The topological polar surface area (TPSA) is 36.2 Å². The van der Waals surface area contributed by atoms with Crippen LogP contribution in [-0.4, -0.2) is 0 Å². The molecule has 0 bridgehead atoms. The van der Waals surface area contributed by atoms with Crippen molar-refractivity contribution >= 4 is 11.6 Å². The van der Waals surface area contributed by atoms with E-state index in [1.165, 1.54) is 6.20 Å². The third kappa shape index (κ3) is 2.44. The molecule has 2 rings (SSSR count). The summed E-state index contributed by atoms with van der Waals surface area (Å²) >= 11 is 5.76. The number of hydrogen-bond acceptors (Lipinski definition) is 2. The molecule has 0 saturated heterocycles. The molecule has 0 radical (unpaired) electrons. The summed E-state index contributed by atoms with van der Waals surface area (Å²) in [6, 6.07) is 10.4. The van der Waals surface area contributed by atoms with Crippen LogP contribution < -0.4 is 9.47 Å². The monoisotopic (exact) mass is 235 g/mol. The zero-order valence-electron chi connectivity index (χ0n) is 8.68. The molecule has 3 nitrogen and oxygen atoms in total. The van der Waals surface area contributed by atoms with Crippen LogP contribution in [0, 0.1) is 12.1 Å². The molecule has 0 amide bonds. The van der Waals surface area contributed by atoms with Gasteiger partial charge in [-0.25, -0.2) is 0 Å². The summed E-state index contributed by atoms with van der Waals surface area (Å²) in [5, 5.41) is 11.8. The lowest BCUT2D eigenvalue weighted by molar-refractivity contribution is -0.612. The molecule has 0 saturated carbocycles. The van der Waals surface area contributed by atoms with E-state index in [1.807, 2.05) is 0 Å². The van der Waals surface area contributed by atoms with Crippen LogP contribution in [0.25, 0.3) is 0 Å². The van der Waals surface area contributed by atoms with Crippen LogP contribution >= 0.6 is 11.6 Å². The van der Waals surface area contributed by atoms with Crippen LogP contribution in [0.5, 0.6) is 11.5 Å². The van der Waals surface area contributed by atoms with Crippen LogP contribution in [-0.2, 0) is 0 Å². The van der Waals surface area contributed by atoms with Crippen LogP contribution in [0.1, 0.15) is 5.69 Å². The maximum Gasteiger partial charge on any atom is 0.193 e. The maximum absolute atomic E-state index is 11.1. The van der Waals surface area contributed by atoms with Gasteiger partial charge in [0.1, 0.15) is 11.5 Å². The molecule has 82 valence electrons. The van der Waals surface area contributed by atoms with Gasteiger partial charge in [0.2, 0.25) is 0 Å². The van der Waals surface area contributed by atoms with E-state index < -0.39 is 0 Å². The quantitative estimate of drug-likeness (QED) is 0.593. The number of hydrogen-bond donors (Lipinski definition) is 0. The molecule has 0 N–H and O–H groups in total. The van der Waals surface area contributed by atoms with E-state index in [1.54, 1.807) is 43.3 Å². The van der Waals surface area contributed by atoms with Crippen molar-refractivity contribution < 1.29 is 9.47 Å². The standard InChI is InChI=1S/C12H10ClNO2/c1-9-8-12(6-7-14(9)15)16-11-4-2-10(13)3-5-11/h2-8H,1H3. The van der Waals surface area contributed by atoms with E-state index in [9.17, 15) is 5.21 Å². The molecular weight excluding hydrogens is 226 g/mol. The summed E-state index contributed by atoms with van der Waals surface area (Å²) in [5.41, 5.74) is 0.589. The van der Waals surface area contributed by atoms with Gasteiger partial charge >= 0.3 is 0 Å². The first-order valence-corrected chi connectivity index (χ1v) is 5.16. The molecule has 1 aromatic carbocycles. The summed E-state index contributed by atoms with van der Waals surface area (Å²) in [6.45, 7) is 1.72. The van der Waals surface area contributed by atoms with Crippen LogP contribution in [0.3, 0.4) is 0 Å². The van der Waals surface area contributed by atoms with E-state index in [0.717, 1.165) is 4.73 Å². The minimum atomic E-state index is 0.589. The van der Waals surface area contributed by atoms with Crippen LogP contribution in [0.4, 0.5) is 0 Å². The molecule has 0 spiro atoms. The largest absolute Gasteiger partial charge is 0.619 e. The Bertz CT molecular complexity index is 497. The first-order chi connectivity index (χ1) is 7.65. The van der Waals surface area contributed by atoms with Crippen molar-refractivity contribution in [1.82, 2.24) is 0 Å². The molecular formula is C12H10ClNO2. The predicted molar refractivity (Wildman–Crippen MR) is 61.7 cm³/mol. The van der Waals surface area contributed by atoms with Crippen molar-refractivity contribution in [3.8, 4) is 11.5 Å². The predicted octanol–water partition coefficient (Wildman–Crippen LogP) is 3.07. The highest BCUT2D eigenvalue weighted by Gasteiger charge is 2.03. The van der Waals surface area contributed by atoms with Gasteiger partial charge in [-0.05, 0) is 24.3 Å². The normalized spacial score (nSPS) is 10.1. The number of aryl methyl sites for hydroxylation is 1. The molecule has 2 aromatic rings. The second kappa shape index (κ2) is 4.41. The summed E-state index contributed by atoms with van der Waals surface area (Å²) in [4.78, 5) is 0. The Morgan fingerprint density at radius 3 is 2.44 bits per heavy atom. The number of ether oxygens (including phenoxy) is 1. The summed E-state index contributed by atoms with van der Waals surface area (Å²) in [5.74, 6) is 1.32. The molecule has 4 heteroatoms. The SMILES string of the molecule is Cc1cc(Oc2ccc(Cl)cc2)cc[n+]1[O-]. The van der Waals surface area contributed by atoms with E-state index >= 15 is 0 Å². The van der Waals surface area contributed by atoms with E-state index in [0.29, 0.717) is 22.2 Å². The van der Waals surface area contributed by atoms with Gasteiger partial charge in [0.05, 0.1) is 0 Å². The summed E-state index contributed by atoms with van der Waals surface area (Å²) in [6.07, 6.45) is 1.42. The van der Waals surface area contributed by atoms with Crippen LogP contribution in [0.15, 0.2) is 42.6 Å². The van der Waals surface area contributed by atoms with Gasteiger partial charge in [-0.1, -0.05) is 11.6 Å². The van der Waals surface area contributed by atoms with Gasteiger partial charge in [0.15, 0.2) is 11.9 Å². The second-order valence-corrected chi connectivity index (χ2v) is 3.82. The molecule has 1 aromatic heterocycles. The van der Waals surface area contributed by atoms with Crippen molar-refractivity contribution in [1.29, 1.82) is 0 Å². The maximum atomic E-state index is 11.1. The van der Waals surface area contributed by atoms with Gasteiger partial charge in [-0.15, -0.1) is 0 Å². The highest BCUT2D eigenvalue weighted by Crippen LogP contribution is 2.22. The number of rotatable bonds is 2. The molecule has 0 fully saturated rings. The Labute approximate surface area is 98.4 Å². The highest BCUT2D eigenvalue weighted by molar-refractivity contribution is 6.30. The van der Waals surface area contributed by atoms with Crippen molar-refractivity contribution in [3.63, 3.8) is 0 Å². The molecule has 0 aliphatic heterocycles. The zero-order chi connectivity index (χ0) is 11.5. The fourth-order valence-corrected chi connectivity index (χ4v) is 1.40. The van der Waals surface area contributed by atoms with E-state index in [-0.39, 0.29) is 0 Å². The second-order valence-electron chi connectivity index (χ2n) is 3.39. The minimum Gasteiger partial charge on any atom is -0.619 e. The highest BCUT2D eigenvalue weighted by atomic mass is 35.5. The van der Waals surface area contributed by atoms with Gasteiger partial charge in [0.25, 0.3) is 0 Å². The lowest BCUT2D eigenvalue weighted by atomic mass is 10.3. The molecule has 1 heterocycles. The molecule has 16 heavy (non-hydrogen) atoms. The number of pyridine rings is 1. The zero-order valence-corrected chi connectivity index (χ0v) is 9.44. The number of nitrogens with zero attached hydrogens (tertiary/aromatic N) is 1. The molecule has 0 unspecified atom stereocenters. The Kier molecular flexibility index (Phi) is 2.97. The van der Waals surface area contributed by atoms with Crippen molar-refractivity contribution in [2.75, 3.05) is 0 Å². The summed E-state index contributed by atoms with van der Waals surface area (Å²) < 4.78 is 6.34. The van der Waals surface area contributed by atoms with Gasteiger partial charge in [0, 0.05) is 24.1 Å². The minimum absolute atomic E-state index is 0.589. The Morgan fingerprint density at radius 1 is 1.12 bits per heavy atom. The third-order valence-electron chi connectivity index (χ3n) is 2.12. The van der Waals surface area contributed by atoms with E-state index in [4.69, 9.17) is 16.3 Å². The van der Waals surface area contributed by atoms with Gasteiger partial charge < -0.3 is 9.94 Å². The van der Waals surface area contributed by atoms with Crippen molar-refractivity contribution in [2.24, 2.45) is 0 Å². The molecule has 0 atom stereocenters. The fourth-order valence-electron chi connectivity index (χ4n) is 1.28. The first kappa shape index (κ1) is 10.8. The Hall–Kier alpha value is -1.74. The van der Waals surface area contributed by atoms with Crippen molar-refractivity contribution in [2.45, 2.75) is 6.92 Å². The van der Waals surface area contributed by atoms with Gasteiger partial charge in [-0.2, -0.15) is 4.73 Å². The average Bonchev–Trinajstić information content (AvgIpc) is 2.27. The third-order valence-corrected chi connectivity index (χ3v) is 2.37. The first-order valence-electron chi connectivity index (χ1n) is 4.78. The lowest BCUT2D eigenvalue weighted by Crippen LogP contribution is -2.28. The van der Waals surface area contributed by atoms with Crippen LogP contribution in [0.2, 0.25) is 5.02 Å². The average molecular weight is 236 g/mol.